The molecule has 7 heteroatoms. The Hall–Kier alpha value is -3.29. The van der Waals surface area contributed by atoms with Gasteiger partial charge in [-0.3, -0.25) is 4.79 Å². The van der Waals surface area contributed by atoms with Crippen LogP contribution in [0.25, 0.3) is 21.5 Å². The molecular weight excluding hydrogens is 420 g/mol. The van der Waals surface area contributed by atoms with Crippen molar-refractivity contribution in [3.63, 3.8) is 0 Å². The zero-order chi connectivity index (χ0) is 23.1. The first-order valence-electron chi connectivity index (χ1n) is 10.2. The lowest BCUT2D eigenvalue weighted by Crippen LogP contribution is -2.17. The average Bonchev–Trinajstić information content (AvgIpc) is 3.33. The van der Waals surface area contributed by atoms with Crippen molar-refractivity contribution in [1.29, 1.82) is 0 Å². The number of nitrogens with zero attached hydrogens (tertiary/aromatic N) is 2. The Balaban J connectivity index is 0.000000183. The number of nitrogens with one attached hydrogen (secondary N) is 2. The molecule has 166 valence electrons. The van der Waals surface area contributed by atoms with Crippen LogP contribution in [0, 0.1) is 0 Å². The molecule has 2 aromatic carbocycles. The predicted molar refractivity (Wildman–Crippen MR) is 133 cm³/mol. The number of hydrogen-bond donors (Lipinski definition) is 2. The Labute approximate surface area is 192 Å². The molecule has 0 saturated heterocycles. The van der Waals surface area contributed by atoms with E-state index in [4.69, 9.17) is 4.74 Å². The summed E-state index contributed by atoms with van der Waals surface area (Å²) < 4.78 is 5.26. The van der Waals surface area contributed by atoms with Crippen LogP contribution in [0.15, 0.2) is 60.1 Å². The first-order chi connectivity index (χ1) is 15.4. The van der Waals surface area contributed by atoms with Crippen molar-refractivity contribution in [2.45, 2.75) is 26.2 Å². The molecule has 0 aliphatic heterocycles. The molecule has 0 spiro atoms. The summed E-state index contributed by atoms with van der Waals surface area (Å²) in [4.78, 5) is 19.3. The molecule has 2 heterocycles. The highest BCUT2D eigenvalue weighted by Gasteiger charge is 2.15. The van der Waals surface area contributed by atoms with Crippen molar-refractivity contribution in [2.24, 2.45) is 0 Å². The Kier molecular flexibility index (Phi) is 7.56. The van der Waals surface area contributed by atoms with Crippen LogP contribution in [0.5, 0.6) is 5.75 Å². The summed E-state index contributed by atoms with van der Waals surface area (Å²) in [5.74, 6) is 0.845. The number of ether oxygens (including phenoxy) is 1. The molecule has 0 unspecified atom stereocenters. The van der Waals surface area contributed by atoms with Crippen LogP contribution in [-0.4, -0.2) is 30.4 Å². The zero-order valence-corrected chi connectivity index (χ0v) is 19.8. The van der Waals surface area contributed by atoms with Crippen LogP contribution in [0.1, 0.15) is 36.8 Å². The molecule has 2 N–H and O–H groups in total. The van der Waals surface area contributed by atoms with E-state index < -0.39 is 0 Å². The maximum atomic E-state index is 10.7. The number of hydrogen-bond acceptors (Lipinski definition) is 7. The van der Waals surface area contributed by atoms with Crippen LogP contribution in [0.2, 0.25) is 0 Å². The quantitative estimate of drug-likeness (QED) is 0.301. The van der Waals surface area contributed by atoms with E-state index in [1.54, 1.807) is 30.7 Å². The number of pyridine rings is 1. The SMILES string of the molecule is CNNc1cc(C(C)(C)C)ccc1OC.O=Cc1ccc2c(-c3nccs3)cccc2n1. The fraction of sp³-hybridized carbons (Fsp3) is 0.240. The smallest absolute Gasteiger partial charge is 0.168 e. The van der Waals surface area contributed by atoms with Crippen molar-refractivity contribution >= 4 is 34.2 Å². The van der Waals surface area contributed by atoms with Crippen molar-refractivity contribution in [3.8, 4) is 16.3 Å². The minimum absolute atomic E-state index is 0.149. The summed E-state index contributed by atoms with van der Waals surface area (Å²) in [5, 5.41) is 3.94. The summed E-state index contributed by atoms with van der Waals surface area (Å²) in [6.45, 7) is 6.58. The molecule has 4 aromatic rings. The summed E-state index contributed by atoms with van der Waals surface area (Å²) in [6.07, 6.45) is 2.54. The van der Waals surface area contributed by atoms with E-state index in [0.717, 1.165) is 39.2 Å². The monoisotopic (exact) mass is 448 g/mol. The number of fused-ring (bicyclic) bond motifs is 1. The minimum Gasteiger partial charge on any atom is -0.495 e. The predicted octanol–water partition coefficient (Wildman–Crippen LogP) is 5.71. The third kappa shape index (κ3) is 5.49. The second-order valence-corrected chi connectivity index (χ2v) is 9.00. The molecule has 0 atom stereocenters. The molecular formula is C25H28N4O2S. The first kappa shape index (κ1) is 23.4. The average molecular weight is 449 g/mol. The normalized spacial score (nSPS) is 10.9. The first-order valence-corrected chi connectivity index (χ1v) is 11.1. The van der Waals surface area contributed by atoms with Crippen LogP contribution < -0.4 is 15.6 Å². The van der Waals surface area contributed by atoms with E-state index in [0.29, 0.717) is 5.69 Å². The van der Waals surface area contributed by atoms with Crippen molar-refractivity contribution < 1.29 is 9.53 Å². The molecule has 0 radical (unpaired) electrons. The fourth-order valence-electron chi connectivity index (χ4n) is 3.19. The minimum atomic E-state index is 0.149. The molecule has 0 saturated carbocycles. The summed E-state index contributed by atoms with van der Waals surface area (Å²) in [7, 11) is 3.51. The third-order valence-corrected chi connectivity index (χ3v) is 5.67. The van der Waals surface area contributed by atoms with E-state index >= 15 is 0 Å². The van der Waals surface area contributed by atoms with Crippen molar-refractivity contribution in [3.05, 3.63) is 71.4 Å². The molecule has 0 aliphatic carbocycles. The highest BCUT2D eigenvalue weighted by atomic mass is 32.1. The number of hydrazine groups is 1. The molecule has 6 nitrogen and oxygen atoms in total. The number of carbonyl (C=O) groups excluding carboxylic acids is 1. The molecule has 0 fully saturated rings. The van der Waals surface area contributed by atoms with Crippen LogP contribution >= 0.6 is 11.3 Å². The molecule has 0 bridgehead atoms. The van der Waals surface area contributed by atoms with Gasteiger partial charge < -0.3 is 10.2 Å². The van der Waals surface area contributed by atoms with Gasteiger partial charge in [0.1, 0.15) is 16.5 Å². The van der Waals surface area contributed by atoms with Gasteiger partial charge in [-0.1, -0.05) is 39.0 Å². The number of methoxy groups -OCH3 is 1. The second-order valence-electron chi connectivity index (χ2n) is 8.10. The van der Waals surface area contributed by atoms with E-state index in [-0.39, 0.29) is 5.41 Å². The number of thiazole rings is 1. The van der Waals surface area contributed by atoms with E-state index in [2.05, 4.69) is 53.7 Å². The number of carbonyl (C=O) groups is 1. The van der Waals surface area contributed by atoms with Gasteiger partial charge >= 0.3 is 0 Å². The standard InChI is InChI=1S/C13H8N2OS.C12H20N2O/c16-8-9-4-5-10-11(13-14-6-7-17-13)2-1-3-12(10)15-9;1-12(2,3)9-6-7-11(15-5)10(8-9)14-13-4/h1-8H;6-8,13-14H,1-5H3. The van der Waals surface area contributed by atoms with Gasteiger partial charge in [0, 0.05) is 29.6 Å². The van der Waals surface area contributed by atoms with Crippen LogP contribution in [-0.2, 0) is 5.41 Å². The van der Waals surface area contributed by atoms with E-state index in [1.807, 2.05) is 42.8 Å². The highest BCUT2D eigenvalue weighted by Crippen LogP contribution is 2.31. The van der Waals surface area contributed by atoms with Crippen LogP contribution in [0.4, 0.5) is 5.69 Å². The Morgan fingerprint density at radius 3 is 2.53 bits per heavy atom. The third-order valence-electron chi connectivity index (χ3n) is 4.86. The Morgan fingerprint density at radius 2 is 1.91 bits per heavy atom. The maximum Gasteiger partial charge on any atom is 0.168 e. The summed E-state index contributed by atoms with van der Waals surface area (Å²) in [6, 6.07) is 15.7. The van der Waals surface area contributed by atoms with E-state index in [9.17, 15) is 4.79 Å². The molecule has 0 amide bonds. The number of anilines is 1. The van der Waals surface area contributed by atoms with E-state index in [1.165, 1.54) is 5.56 Å². The Morgan fingerprint density at radius 1 is 1.09 bits per heavy atom. The molecule has 2 aromatic heterocycles. The number of aldehydes is 1. The van der Waals surface area contributed by atoms with Gasteiger partial charge in [0.05, 0.1) is 18.3 Å². The van der Waals surface area contributed by atoms with Crippen LogP contribution in [0.3, 0.4) is 0 Å². The highest BCUT2D eigenvalue weighted by molar-refractivity contribution is 7.13. The summed E-state index contributed by atoms with van der Waals surface area (Å²) in [5.41, 5.74) is 10.7. The van der Waals surface area contributed by atoms with Gasteiger partial charge in [0.2, 0.25) is 0 Å². The van der Waals surface area contributed by atoms with Gasteiger partial charge in [-0.2, -0.15) is 0 Å². The molecule has 32 heavy (non-hydrogen) atoms. The van der Waals surface area contributed by atoms with Crippen molar-refractivity contribution in [2.75, 3.05) is 19.6 Å². The number of rotatable bonds is 5. The van der Waals surface area contributed by atoms with Crippen molar-refractivity contribution in [1.82, 2.24) is 15.4 Å². The largest absolute Gasteiger partial charge is 0.495 e. The van der Waals surface area contributed by atoms with Gasteiger partial charge in [0.15, 0.2) is 6.29 Å². The number of aromatic nitrogens is 2. The van der Waals surface area contributed by atoms with Gasteiger partial charge in [0.25, 0.3) is 0 Å². The van der Waals surface area contributed by atoms with Gasteiger partial charge in [-0.25, -0.2) is 15.4 Å². The zero-order valence-electron chi connectivity index (χ0n) is 19.0. The lowest BCUT2D eigenvalue weighted by atomic mass is 9.87. The number of benzene rings is 2. The Bertz CT molecular complexity index is 1180. The molecule has 4 rings (SSSR count). The lowest BCUT2D eigenvalue weighted by molar-refractivity contribution is 0.111. The fourth-order valence-corrected chi connectivity index (χ4v) is 3.86. The second kappa shape index (κ2) is 10.3. The molecule has 0 aliphatic rings. The lowest BCUT2D eigenvalue weighted by Gasteiger charge is -2.21. The summed E-state index contributed by atoms with van der Waals surface area (Å²) >= 11 is 1.59. The maximum absolute atomic E-state index is 10.7. The topological polar surface area (TPSA) is 76.1 Å². The van der Waals surface area contributed by atoms with Gasteiger partial charge in [-0.05, 0) is 41.3 Å². The van der Waals surface area contributed by atoms with Gasteiger partial charge in [-0.15, -0.1) is 11.3 Å².